The van der Waals surface area contributed by atoms with Crippen LogP contribution in [-0.2, 0) is 16.6 Å². The molecule has 0 spiro atoms. The maximum atomic E-state index is 13.5. The topological polar surface area (TPSA) is 49.9 Å². The van der Waals surface area contributed by atoms with Crippen LogP contribution in [0.15, 0.2) is 66.7 Å². The maximum Gasteiger partial charge on any atom is 0.573 e. The van der Waals surface area contributed by atoms with Gasteiger partial charge in [-0.05, 0) is 40.6 Å². The van der Waals surface area contributed by atoms with E-state index in [2.05, 4.69) is 9.64 Å². The van der Waals surface area contributed by atoms with Crippen molar-refractivity contribution < 1.29 is 26.3 Å². The number of halogens is 3. The van der Waals surface area contributed by atoms with Gasteiger partial charge in [-0.2, -0.15) is 11.8 Å². The van der Waals surface area contributed by atoms with Crippen molar-refractivity contribution in [2.24, 2.45) is 0 Å². The molecule has 5 nitrogen and oxygen atoms in total. The molecule has 0 radical (unpaired) electrons. The summed E-state index contributed by atoms with van der Waals surface area (Å²) >= 11 is 1.86. The number of hydrogen-bond acceptors (Lipinski definition) is 5. The lowest BCUT2D eigenvalue weighted by molar-refractivity contribution is -0.274. The zero-order chi connectivity index (χ0) is 24.2. The fourth-order valence-corrected chi connectivity index (χ4v) is 6.29. The second-order valence-corrected chi connectivity index (χ2v) is 11.2. The maximum absolute atomic E-state index is 13.5. The summed E-state index contributed by atoms with van der Waals surface area (Å²) in [5.74, 6) is 1.58. The summed E-state index contributed by atoms with van der Waals surface area (Å²) < 4.78 is 69.7. The molecule has 0 atom stereocenters. The predicted octanol–water partition coefficient (Wildman–Crippen LogP) is 5.12. The SMILES string of the molecule is O=S(=O)(CCN1CCSCC1)N(Cc1ccc(OC(F)(F)F)cc1)c1ccc2ccccc2c1. The zero-order valence-electron chi connectivity index (χ0n) is 18.4. The molecule has 3 aromatic rings. The van der Waals surface area contributed by atoms with Gasteiger partial charge in [-0.25, -0.2) is 8.42 Å². The molecule has 0 aromatic heterocycles. The number of anilines is 1. The van der Waals surface area contributed by atoms with Crippen LogP contribution < -0.4 is 9.04 Å². The van der Waals surface area contributed by atoms with E-state index in [1.54, 1.807) is 6.07 Å². The van der Waals surface area contributed by atoms with Gasteiger partial charge in [0.2, 0.25) is 10.0 Å². The molecule has 0 aliphatic carbocycles. The highest BCUT2D eigenvalue weighted by molar-refractivity contribution is 7.99. The largest absolute Gasteiger partial charge is 0.573 e. The third-order valence-corrected chi connectivity index (χ3v) is 8.26. The van der Waals surface area contributed by atoms with Crippen LogP contribution in [-0.4, -0.2) is 56.6 Å². The van der Waals surface area contributed by atoms with Crippen molar-refractivity contribution in [3.8, 4) is 5.75 Å². The Morgan fingerprint density at radius 2 is 1.62 bits per heavy atom. The Balaban J connectivity index is 1.60. The van der Waals surface area contributed by atoms with E-state index in [-0.39, 0.29) is 18.0 Å². The third-order valence-electron chi connectivity index (χ3n) is 5.61. The predicted molar refractivity (Wildman–Crippen MR) is 131 cm³/mol. The number of thioether (sulfide) groups is 1. The standard InChI is InChI=1S/C24H25F3N2O3S2/c25-24(26,27)32-23-9-5-19(6-10-23)18-29(22-8-7-20-3-1-2-4-21(20)17-22)34(30,31)16-13-28-11-14-33-15-12-28/h1-10,17H,11-16,18H2. The van der Waals surface area contributed by atoms with E-state index >= 15 is 0 Å². The van der Waals surface area contributed by atoms with E-state index in [0.29, 0.717) is 17.8 Å². The van der Waals surface area contributed by atoms with Crippen LogP contribution in [0.2, 0.25) is 0 Å². The normalized spacial score (nSPS) is 15.4. The highest BCUT2D eigenvalue weighted by atomic mass is 32.2. The van der Waals surface area contributed by atoms with Crippen molar-refractivity contribution >= 4 is 38.2 Å². The van der Waals surface area contributed by atoms with Gasteiger partial charge in [0.1, 0.15) is 5.75 Å². The van der Waals surface area contributed by atoms with E-state index in [1.807, 2.05) is 48.2 Å². The Morgan fingerprint density at radius 1 is 0.941 bits per heavy atom. The van der Waals surface area contributed by atoms with Gasteiger partial charge in [0, 0.05) is 31.1 Å². The number of alkyl halides is 3. The minimum atomic E-state index is -4.78. The van der Waals surface area contributed by atoms with E-state index < -0.39 is 16.4 Å². The first-order chi connectivity index (χ1) is 16.2. The van der Waals surface area contributed by atoms with Crippen molar-refractivity contribution in [3.63, 3.8) is 0 Å². The summed E-state index contributed by atoms with van der Waals surface area (Å²) in [6.45, 7) is 2.15. The van der Waals surface area contributed by atoms with E-state index in [1.165, 1.54) is 28.6 Å². The highest BCUT2D eigenvalue weighted by Crippen LogP contribution is 2.28. The van der Waals surface area contributed by atoms with Crippen LogP contribution in [0.4, 0.5) is 18.9 Å². The summed E-state index contributed by atoms with van der Waals surface area (Å²) in [7, 11) is -3.71. The number of rotatable bonds is 8. The summed E-state index contributed by atoms with van der Waals surface area (Å²) in [6, 6.07) is 18.4. The Bertz CT molecular complexity index is 1210. The Labute approximate surface area is 201 Å². The van der Waals surface area contributed by atoms with Crippen molar-refractivity contribution in [2.45, 2.75) is 12.9 Å². The number of ether oxygens (including phenoxy) is 1. The van der Waals surface area contributed by atoms with Crippen LogP contribution in [0.1, 0.15) is 5.56 Å². The molecule has 0 N–H and O–H groups in total. The van der Waals surface area contributed by atoms with Crippen molar-refractivity contribution in [1.82, 2.24) is 4.90 Å². The Hall–Kier alpha value is -2.43. The first-order valence-corrected chi connectivity index (χ1v) is 13.6. The van der Waals surface area contributed by atoms with Gasteiger partial charge in [-0.3, -0.25) is 4.31 Å². The molecule has 1 aliphatic heterocycles. The minimum Gasteiger partial charge on any atom is -0.406 e. The Morgan fingerprint density at radius 3 is 2.29 bits per heavy atom. The van der Waals surface area contributed by atoms with Gasteiger partial charge < -0.3 is 9.64 Å². The molecular formula is C24H25F3N2O3S2. The van der Waals surface area contributed by atoms with Gasteiger partial charge in [-0.15, -0.1) is 13.2 Å². The molecule has 1 fully saturated rings. The molecule has 10 heteroatoms. The molecule has 1 saturated heterocycles. The molecule has 3 aromatic carbocycles. The first kappa shape index (κ1) is 24.7. The smallest absolute Gasteiger partial charge is 0.406 e. The second kappa shape index (κ2) is 10.5. The first-order valence-electron chi connectivity index (χ1n) is 10.8. The van der Waals surface area contributed by atoms with Crippen molar-refractivity contribution in [1.29, 1.82) is 0 Å². The van der Waals surface area contributed by atoms with Crippen molar-refractivity contribution in [3.05, 3.63) is 72.3 Å². The number of nitrogens with zero attached hydrogens (tertiary/aromatic N) is 2. The van der Waals surface area contributed by atoms with Crippen LogP contribution >= 0.6 is 11.8 Å². The van der Waals surface area contributed by atoms with Gasteiger partial charge in [0.15, 0.2) is 0 Å². The average molecular weight is 511 g/mol. The minimum absolute atomic E-state index is 0.00280. The van der Waals surface area contributed by atoms with Gasteiger partial charge >= 0.3 is 6.36 Å². The molecule has 4 rings (SSSR count). The van der Waals surface area contributed by atoms with E-state index in [4.69, 9.17) is 0 Å². The van der Waals surface area contributed by atoms with Gasteiger partial charge in [0.05, 0.1) is 18.0 Å². The van der Waals surface area contributed by atoms with Crippen LogP contribution in [0.3, 0.4) is 0 Å². The third kappa shape index (κ3) is 6.58. The molecule has 34 heavy (non-hydrogen) atoms. The van der Waals surface area contributed by atoms with E-state index in [9.17, 15) is 21.6 Å². The molecule has 1 aliphatic rings. The lowest BCUT2D eigenvalue weighted by Gasteiger charge is -2.29. The second-order valence-electron chi connectivity index (χ2n) is 8.00. The van der Waals surface area contributed by atoms with Gasteiger partial charge in [0.25, 0.3) is 0 Å². The quantitative estimate of drug-likeness (QED) is 0.421. The molecule has 0 amide bonds. The average Bonchev–Trinajstić information content (AvgIpc) is 2.81. The summed E-state index contributed by atoms with van der Waals surface area (Å²) in [5, 5.41) is 1.89. The highest BCUT2D eigenvalue weighted by Gasteiger charge is 2.31. The Kier molecular flexibility index (Phi) is 7.59. The summed E-state index contributed by atoms with van der Waals surface area (Å²) in [5.41, 5.74) is 1.07. The number of sulfonamides is 1. The fraction of sp³-hybridized carbons (Fsp3) is 0.333. The summed E-state index contributed by atoms with van der Waals surface area (Å²) in [4.78, 5) is 2.15. The lowest BCUT2D eigenvalue weighted by Crippen LogP contribution is -2.40. The molecule has 0 unspecified atom stereocenters. The van der Waals surface area contributed by atoms with Crippen LogP contribution in [0.25, 0.3) is 10.8 Å². The monoisotopic (exact) mass is 510 g/mol. The zero-order valence-corrected chi connectivity index (χ0v) is 20.0. The number of hydrogen-bond donors (Lipinski definition) is 0. The fourth-order valence-electron chi connectivity index (χ4n) is 3.82. The number of benzene rings is 3. The molecular weight excluding hydrogens is 485 g/mol. The van der Waals surface area contributed by atoms with Crippen LogP contribution in [0.5, 0.6) is 5.75 Å². The van der Waals surface area contributed by atoms with Crippen LogP contribution in [0, 0.1) is 0 Å². The molecule has 182 valence electrons. The summed E-state index contributed by atoms with van der Waals surface area (Å²) in [6.07, 6.45) is -4.78. The van der Waals surface area contributed by atoms with Gasteiger partial charge in [-0.1, -0.05) is 42.5 Å². The number of fused-ring (bicyclic) bond motifs is 1. The lowest BCUT2D eigenvalue weighted by atomic mass is 10.1. The molecule has 1 heterocycles. The molecule has 0 bridgehead atoms. The van der Waals surface area contributed by atoms with Crippen molar-refractivity contribution in [2.75, 3.05) is 41.2 Å². The van der Waals surface area contributed by atoms with E-state index in [0.717, 1.165) is 35.4 Å². The molecule has 0 saturated carbocycles.